The molecule has 1 heterocycles. The molecule has 3 heteroatoms. The van der Waals surface area contributed by atoms with Crippen LogP contribution in [0.4, 0.5) is 4.39 Å². The zero-order valence-corrected chi connectivity index (χ0v) is 8.80. The lowest BCUT2D eigenvalue weighted by atomic mass is 10.1. The minimum absolute atomic E-state index is 0.112. The van der Waals surface area contributed by atoms with Gasteiger partial charge in [-0.2, -0.15) is 0 Å². The van der Waals surface area contributed by atoms with Crippen molar-refractivity contribution in [3.05, 3.63) is 35.6 Å². The van der Waals surface area contributed by atoms with Crippen molar-refractivity contribution >= 4 is 0 Å². The van der Waals surface area contributed by atoms with E-state index in [1.807, 2.05) is 12.1 Å². The molecule has 0 bridgehead atoms. The Bertz CT molecular complexity index is 308. The van der Waals surface area contributed by atoms with Crippen molar-refractivity contribution in [3.8, 4) is 0 Å². The first-order valence-electron chi connectivity index (χ1n) is 5.54. The van der Waals surface area contributed by atoms with Crippen LogP contribution in [-0.4, -0.2) is 19.1 Å². The molecule has 1 fully saturated rings. The molecule has 0 saturated carbocycles. The van der Waals surface area contributed by atoms with E-state index in [9.17, 15) is 4.39 Å². The Balaban J connectivity index is 1.84. The molecular formula is C12H17FN2. The summed E-state index contributed by atoms with van der Waals surface area (Å²) in [6, 6.07) is 7.49. The van der Waals surface area contributed by atoms with Gasteiger partial charge in [-0.25, -0.2) is 4.39 Å². The smallest absolute Gasteiger partial charge is 0.127 e. The number of benzene rings is 1. The Morgan fingerprint density at radius 1 is 1.27 bits per heavy atom. The molecule has 0 aromatic heterocycles. The Labute approximate surface area is 89.9 Å². The number of hydrogen-bond acceptors (Lipinski definition) is 2. The molecule has 0 amide bonds. The van der Waals surface area contributed by atoms with Crippen LogP contribution in [0.2, 0.25) is 0 Å². The third-order valence-electron chi connectivity index (χ3n) is 2.88. The van der Waals surface area contributed by atoms with Gasteiger partial charge < -0.3 is 10.6 Å². The SMILES string of the molecule is Fc1ccccc1CNC1CCNCC1. The highest BCUT2D eigenvalue weighted by molar-refractivity contribution is 5.17. The molecular weight excluding hydrogens is 191 g/mol. The van der Waals surface area contributed by atoms with E-state index < -0.39 is 0 Å². The third kappa shape index (κ3) is 3.01. The van der Waals surface area contributed by atoms with Gasteiger partial charge in [0.05, 0.1) is 0 Å². The van der Waals surface area contributed by atoms with Crippen LogP contribution in [0.1, 0.15) is 18.4 Å². The second-order valence-corrected chi connectivity index (χ2v) is 4.00. The van der Waals surface area contributed by atoms with Gasteiger partial charge in [0.25, 0.3) is 0 Å². The summed E-state index contributed by atoms with van der Waals surface area (Å²) < 4.78 is 13.3. The average Bonchev–Trinajstić information content (AvgIpc) is 2.29. The lowest BCUT2D eigenvalue weighted by Crippen LogP contribution is -2.39. The van der Waals surface area contributed by atoms with Gasteiger partial charge in [0.2, 0.25) is 0 Å². The highest BCUT2D eigenvalue weighted by atomic mass is 19.1. The minimum Gasteiger partial charge on any atom is -0.317 e. The fourth-order valence-electron chi connectivity index (χ4n) is 1.92. The van der Waals surface area contributed by atoms with Gasteiger partial charge in [-0.1, -0.05) is 18.2 Å². The first kappa shape index (κ1) is 10.6. The van der Waals surface area contributed by atoms with Gasteiger partial charge in [0.15, 0.2) is 0 Å². The summed E-state index contributed by atoms with van der Waals surface area (Å²) >= 11 is 0. The van der Waals surface area contributed by atoms with Gasteiger partial charge in [-0.3, -0.25) is 0 Å². The quantitative estimate of drug-likeness (QED) is 0.789. The number of piperidine rings is 1. The lowest BCUT2D eigenvalue weighted by Gasteiger charge is -2.23. The first-order chi connectivity index (χ1) is 7.36. The van der Waals surface area contributed by atoms with Crippen molar-refractivity contribution < 1.29 is 4.39 Å². The van der Waals surface area contributed by atoms with Crippen LogP contribution < -0.4 is 10.6 Å². The van der Waals surface area contributed by atoms with E-state index in [0.717, 1.165) is 31.5 Å². The van der Waals surface area contributed by atoms with Crippen LogP contribution in [0.15, 0.2) is 24.3 Å². The van der Waals surface area contributed by atoms with E-state index in [2.05, 4.69) is 10.6 Å². The normalized spacial score (nSPS) is 17.9. The van der Waals surface area contributed by atoms with Crippen molar-refractivity contribution in [1.82, 2.24) is 10.6 Å². The number of rotatable bonds is 3. The maximum Gasteiger partial charge on any atom is 0.127 e. The van der Waals surface area contributed by atoms with Crippen LogP contribution in [-0.2, 0) is 6.54 Å². The molecule has 2 rings (SSSR count). The Kier molecular flexibility index (Phi) is 3.69. The molecule has 2 N–H and O–H groups in total. The van der Waals surface area contributed by atoms with Crippen molar-refractivity contribution in [2.45, 2.75) is 25.4 Å². The van der Waals surface area contributed by atoms with Crippen molar-refractivity contribution in [1.29, 1.82) is 0 Å². The average molecular weight is 208 g/mol. The van der Waals surface area contributed by atoms with E-state index in [0.29, 0.717) is 12.6 Å². The van der Waals surface area contributed by atoms with Crippen LogP contribution in [0.5, 0.6) is 0 Å². The fraction of sp³-hybridized carbons (Fsp3) is 0.500. The zero-order valence-electron chi connectivity index (χ0n) is 8.80. The van der Waals surface area contributed by atoms with E-state index in [4.69, 9.17) is 0 Å². The summed E-state index contributed by atoms with van der Waals surface area (Å²) in [6.07, 6.45) is 2.27. The minimum atomic E-state index is -0.112. The monoisotopic (exact) mass is 208 g/mol. The molecule has 0 aliphatic carbocycles. The molecule has 1 aromatic carbocycles. The van der Waals surface area contributed by atoms with Crippen LogP contribution in [0.3, 0.4) is 0 Å². The Hall–Kier alpha value is -0.930. The third-order valence-corrected chi connectivity index (χ3v) is 2.88. The van der Waals surface area contributed by atoms with Gasteiger partial charge in [-0.05, 0) is 32.0 Å². The van der Waals surface area contributed by atoms with E-state index in [1.54, 1.807) is 6.07 Å². The summed E-state index contributed by atoms with van der Waals surface area (Å²) in [4.78, 5) is 0. The maximum absolute atomic E-state index is 13.3. The topological polar surface area (TPSA) is 24.1 Å². The van der Waals surface area contributed by atoms with Gasteiger partial charge in [0.1, 0.15) is 5.82 Å². The van der Waals surface area contributed by atoms with E-state index in [1.165, 1.54) is 6.07 Å². The molecule has 15 heavy (non-hydrogen) atoms. The van der Waals surface area contributed by atoms with E-state index in [-0.39, 0.29) is 5.82 Å². The number of nitrogens with one attached hydrogen (secondary N) is 2. The molecule has 1 aromatic rings. The fourth-order valence-corrected chi connectivity index (χ4v) is 1.92. The molecule has 82 valence electrons. The van der Waals surface area contributed by atoms with Crippen molar-refractivity contribution in [3.63, 3.8) is 0 Å². The molecule has 0 unspecified atom stereocenters. The summed E-state index contributed by atoms with van der Waals surface area (Å²) in [5.74, 6) is -0.112. The molecule has 0 atom stereocenters. The maximum atomic E-state index is 13.3. The lowest BCUT2D eigenvalue weighted by molar-refractivity contribution is 0.384. The highest BCUT2D eigenvalue weighted by Crippen LogP contribution is 2.08. The summed E-state index contributed by atoms with van der Waals surface area (Å²) in [7, 11) is 0. The van der Waals surface area contributed by atoms with E-state index >= 15 is 0 Å². The predicted octanol–water partition coefficient (Wildman–Crippen LogP) is 1.67. The summed E-state index contributed by atoms with van der Waals surface area (Å²) in [6.45, 7) is 2.77. The second kappa shape index (κ2) is 5.24. The predicted molar refractivity (Wildman–Crippen MR) is 59.1 cm³/mol. The van der Waals surface area contributed by atoms with Crippen molar-refractivity contribution in [2.75, 3.05) is 13.1 Å². The largest absolute Gasteiger partial charge is 0.317 e. The van der Waals surface area contributed by atoms with Crippen LogP contribution in [0, 0.1) is 5.82 Å². The van der Waals surface area contributed by atoms with Crippen molar-refractivity contribution in [2.24, 2.45) is 0 Å². The molecule has 1 aliphatic rings. The Morgan fingerprint density at radius 2 is 2.00 bits per heavy atom. The second-order valence-electron chi connectivity index (χ2n) is 4.00. The number of hydrogen-bond donors (Lipinski definition) is 2. The number of halogens is 1. The van der Waals surface area contributed by atoms with Gasteiger partial charge in [-0.15, -0.1) is 0 Å². The standard InChI is InChI=1S/C12H17FN2/c13-12-4-2-1-3-10(12)9-15-11-5-7-14-8-6-11/h1-4,11,14-15H,5-9H2. The molecule has 1 aliphatic heterocycles. The first-order valence-corrected chi connectivity index (χ1v) is 5.54. The molecule has 2 nitrogen and oxygen atoms in total. The Morgan fingerprint density at radius 3 is 2.73 bits per heavy atom. The molecule has 0 spiro atoms. The molecule has 1 saturated heterocycles. The summed E-state index contributed by atoms with van der Waals surface area (Å²) in [5, 5.41) is 6.71. The van der Waals surface area contributed by atoms with Gasteiger partial charge in [0, 0.05) is 18.2 Å². The van der Waals surface area contributed by atoms with Gasteiger partial charge >= 0.3 is 0 Å². The summed E-state index contributed by atoms with van der Waals surface area (Å²) in [5.41, 5.74) is 0.760. The van der Waals surface area contributed by atoms with Crippen LogP contribution in [0.25, 0.3) is 0 Å². The molecule has 0 radical (unpaired) electrons. The van der Waals surface area contributed by atoms with Crippen LogP contribution >= 0.6 is 0 Å². The highest BCUT2D eigenvalue weighted by Gasteiger charge is 2.12. The zero-order chi connectivity index (χ0) is 10.5.